The standard InChI is InChI=1S/C13H19FN2O2/c1-13(2,3)11(6-7-17)16-12(18)10-5-4-9(14)8-15-10/h4-5,8,11,17H,6-7H2,1-3H3,(H,16,18). The molecule has 0 saturated heterocycles. The Kier molecular flexibility index (Phi) is 4.78. The molecule has 1 atom stereocenters. The van der Waals surface area contributed by atoms with Gasteiger partial charge in [-0.1, -0.05) is 20.8 Å². The zero-order chi connectivity index (χ0) is 13.8. The van der Waals surface area contributed by atoms with Gasteiger partial charge < -0.3 is 10.4 Å². The first kappa shape index (κ1) is 14.6. The molecule has 2 N–H and O–H groups in total. The normalized spacial score (nSPS) is 13.2. The predicted octanol–water partition coefficient (Wildman–Crippen LogP) is 1.75. The summed E-state index contributed by atoms with van der Waals surface area (Å²) < 4.78 is 12.7. The molecular formula is C13H19FN2O2. The van der Waals surface area contributed by atoms with Crippen LogP contribution in [0.15, 0.2) is 18.3 Å². The zero-order valence-electron chi connectivity index (χ0n) is 10.9. The Morgan fingerprint density at radius 3 is 2.61 bits per heavy atom. The third kappa shape index (κ3) is 4.07. The minimum absolute atomic E-state index is 0.000929. The fourth-order valence-electron chi connectivity index (χ4n) is 1.59. The SMILES string of the molecule is CC(C)(C)C(CCO)NC(=O)c1ccc(F)cn1. The summed E-state index contributed by atoms with van der Waals surface area (Å²) in [6.07, 6.45) is 1.48. The average Bonchev–Trinajstić information content (AvgIpc) is 2.28. The van der Waals surface area contributed by atoms with E-state index in [0.717, 1.165) is 6.20 Å². The van der Waals surface area contributed by atoms with Crippen molar-refractivity contribution >= 4 is 5.91 Å². The number of hydrogen-bond acceptors (Lipinski definition) is 3. The Hall–Kier alpha value is -1.49. The van der Waals surface area contributed by atoms with Gasteiger partial charge >= 0.3 is 0 Å². The molecule has 18 heavy (non-hydrogen) atoms. The molecule has 0 bridgehead atoms. The number of rotatable bonds is 4. The largest absolute Gasteiger partial charge is 0.396 e. The van der Waals surface area contributed by atoms with Gasteiger partial charge in [0.25, 0.3) is 5.91 Å². The maximum atomic E-state index is 12.7. The van der Waals surface area contributed by atoms with Gasteiger partial charge in [-0.05, 0) is 24.0 Å². The summed E-state index contributed by atoms with van der Waals surface area (Å²) in [5, 5.41) is 11.8. The minimum atomic E-state index is -0.478. The zero-order valence-corrected chi connectivity index (χ0v) is 10.9. The molecule has 0 radical (unpaired) electrons. The molecule has 4 nitrogen and oxygen atoms in total. The van der Waals surface area contributed by atoms with Gasteiger partial charge in [0, 0.05) is 12.6 Å². The Morgan fingerprint density at radius 2 is 2.17 bits per heavy atom. The lowest BCUT2D eigenvalue weighted by Crippen LogP contribution is -2.44. The van der Waals surface area contributed by atoms with Crippen LogP contribution >= 0.6 is 0 Å². The van der Waals surface area contributed by atoms with E-state index in [-0.39, 0.29) is 29.7 Å². The van der Waals surface area contributed by atoms with Crippen molar-refractivity contribution in [3.05, 3.63) is 29.8 Å². The van der Waals surface area contributed by atoms with Gasteiger partial charge in [-0.2, -0.15) is 0 Å². The van der Waals surface area contributed by atoms with Crippen molar-refractivity contribution in [3.63, 3.8) is 0 Å². The van der Waals surface area contributed by atoms with E-state index in [4.69, 9.17) is 5.11 Å². The van der Waals surface area contributed by atoms with E-state index in [1.54, 1.807) is 0 Å². The molecule has 1 heterocycles. The Labute approximate surface area is 106 Å². The van der Waals surface area contributed by atoms with Crippen LogP contribution in [0.5, 0.6) is 0 Å². The molecular weight excluding hydrogens is 235 g/mol. The van der Waals surface area contributed by atoms with Gasteiger partial charge in [0.05, 0.1) is 6.20 Å². The first-order valence-electron chi connectivity index (χ1n) is 5.88. The molecule has 100 valence electrons. The van der Waals surface area contributed by atoms with E-state index in [9.17, 15) is 9.18 Å². The fourth-order valence-corrected chi connectivity index (χ4v) is 1.59. The quantitative estimate of drug-likeness (QED) is 0.860. The molecule has 1 unspecified atom stereocenters. The third-order valence-corrected chi connectivity index (χ3v) is 2.73. The van der Waals surface area contributed by atoms with E-state index < -0.39 is 5.82 Å². The van der Waals surface area contributed by atoms with Crippen molar-refractivity contribution in [2.75, 3.05) is 6.61 Å². The predicted molar refractivity (Wildman–Crippen MR) is 66.6 cm³/mol. The van der Waals surface area contributed by atoms with Crippen LogP contribution in [0, 0.1) is 11.2 Å². The van der Waals surface area contributed by atoms with Crippen LogP contribution in [-0.4, -0.2) is 28.6 Å². The summed E-state index contributed by atoms with van der Waals surface area (Å²) in [5.41, 5.74) is 0.00176. The molecule has 0 spiro atoms. The number of amides is 1. The van der Waals surface area contributed by atoms with Crippen LogP contribution in [-0.2, 0) is 0 Å². The number of carbonyl (C=O) groups excluding carboxylic acids is 1. The number of nitrogens with one attached hydrogen (secondary N) is 1. The van der Waals surface area contributed by atoms with Crippen molar-refractivity contribution in [2.24, 2.45) is 5.41 Å². The molecule has 1 aromatic rings. The fraction of sp³-hybridized carbons (Fsp3) is 0.538. The highest BCUT2D eigenvalue weighted by Crippen LogP contribution is 2.21. The lowest BCUT2D eigenvalue weighted by atomic mass is 9.85. The number of aliphatic hydroxyl groups excluding tert-OH is 1. The molecule has 0 aliphatic carbocycles. The second-order valence-corrected chi connectivity index (χ2v) is 5.27. The minimum Gasteiger partial charge on any atom is -0.396 e. The van der Waals surface area contributed by atoms with Crippen LogP contribution in [0.1, 0.15) is 37.7 Å². The molecule has 1 amide bonds. The number of aliphatic hydroxyl groups is 1. The third-order valence-electron chi connectivity index (χ3n) is 2.73. The first-order valence-corrected chi connectivity index (χ1v) is 5.88. The lowest BCUT2D eigenvalue weighted by molar-refractivity contribution is 0.0880. The molecule has 0 saturated carbocycles. The second-order valence-electron chi connectivity index (χ2n) is 5.27. The maximum absolute atomic E-state index is 12.7. The van der Waals surface area contributed by atoms with Crippen molar-refractivity contribution < 1.29 is 14.3 Å². The van der Waals surface area contributed by atoms with Crippen LogP contribution < -0.4 is 5.32 Å². The van der Waals surface area contributed by atoms with E-state index in [1.165, 1.54) is 12.1 Å². The van der Waals surface area contributed by atoms with Crippen molar-refractivity contribution in [1.82, 2.24) is 10.3 Å². The lowest BCUT2D eigenvalue weighted by Gasteiger charge is -2.31. The van der Waals surface area contributed by atoms with E-state index >= 15 is 0 Å². The number of aromatic nitrogens is 1. The van der Waals surface area contributed by atoms with Crippen molar-refractivity contribution in [1.29, 1.82) is 0 Å². The molecule has 1 rings (SSSR count). The highest BCUT2D eigenvalue weighted by atomic mass is 19.1. The van der Waals surface area contributed by atoms with E-state index in [2.05, 4.69) is 10.3 Å². The second kappa shape index (κ2) is 5.91. The molecule has 0 aromatic carbocycles. The summed E-state index contributed by atoms with van der Waals surface area (Å²) in [7, 11) is 0. The van der Waals surface area contributed by atoms with Gasteiger partial charge in [-0.15, -0.1) is 0 Å². The Balaban J connectivity index is 2.75. The van der Waals surface area contributed by atoms with Crippen molar-refractivity contribution in [2.45, 2.75) is 33.2 Å². The van der Waals surface area contributed by atoms with Crippen LogP contribution in [0.4, 0.5) is 4.39 Å². The number of nitrogens with zero attached hydrogens (tertiary/aromatic N) is 1. The summed E-state index contributed by atoms with van der Waals surface area (Å²) in [6.45, 7) is 5.93. The summed E-state index contributed by atoms with van der Waals surface area (Å²) in [4.78, 5) is 15.6. The van der Waals surface area contributed by atoms with Crippen LogP contribution in [0.3, 0.4) is 0 Å². The van der Waals surface area contributed by atoms with Crippen molar-refractivity contribution in [3.8, 4) is 0 Å². The van der Waals surface area contributed by atoms with Gasteiger partial charge in [-0.25, -0.2) is 9.37 Å². The summed E-state index contributed by atoms with van der Waals surface area (Å²) in [6, 6.07) is 2.37. The van der Waals surface area contributed by atoms with Gasteiger partial charge in [0.15, 0.2) is 0 Å². The van der Waals surface area contributed by atoms with Gasteiger partial charge in [0.2, 0.25) is 0 Å². The molecule has 1 aromatic heterocycles. The summed E-state index contributed by atoms with van der Waals surface area (Å²) in [5.74, 6) is -0.836. The molecule has 0 fully saturated rings. The van der Waals surface area contributed by atoms with E-state index in [1.807, 2.05) is 20.8 Å². The number of pyridine rings is 1. The molecule has 5 heteroatoms. The average molecular weight is 254 g/mol. The summed E-state index contributed by atoms with van der Waals surface area (Å²) >= 11 is 0. The topological polar surface area (TPSA) is 62.2 Å². The molecule has 0 aliphatic heterocycles. The number of carbonyl (C=O) groups is 1. The van der Waals surface area contributed by atoms with E-state index in [0.29, 0.717) is 6.42 Å². The Bertz CT molecular complexity index is 398. The number of halogens is 1. The smallest absolute Gasteiger partial charge is 0.270 e. The first-order chi connectivity index (χ1) is 8.34. The number of hydrogen-bond donors (Lipinski definition) is 2. The van der Waals surface area contributed by atoms with Gasteiger partial charge in [0.1, 0.15) is 11.5 Å². The maximum Gasteiger partial charge on any atom is 0.270 e. The highest BCUT2D eigenvalue weighted by molar-refractivity contribution is 5.92. The van der Waals surface area contributed by atoms with Gasteiger partial charge in [-0.3, -0.25) is 4.79 Å². The highest BCUT2D eigenvalue weighted by Gasteiger charge is 2.26. The molecule has 0 aliphatic rings. The Morgan fingerprint density at radius 1 is 1.50 bits per heavy atom. The monoisotopic (exact) mass is 254 g/mol. The van der Waals surface area contributed by atoms with Crippen LogP contribution in [0.25, 0.3) is 0 Å². The van der Waals surface area contributed by atoms with Crippen LogP contribution in [0.2, 0.25) is 0 Å².